The first kappa shape index (κ1) is 14.8. The van der Waals surface area contributed by atoms with Crippen LogP contribution in [0, 0.1) is 5.41 Å². The fraction of sp³-hybridized carbons (Fsp3) is 0.316. The first-order valence-electron chi connectivity index (χ1n) is 7.65. The number of benzene rings is 2. The molecule has 3 heteroatoms. The zero-order valence-electron chi connectivity index (χ0n) is 12.8. The van der Waals surface area contributed by atoms with E-state index in [0.29, 0.717) is 12.1 Å². The van der Waals surface area contributed by atoms with Crippen molar-refractivity contribution < 1.29 is 9.90 Å². The molecule has 1 aliphatic carbocycles. The highest BCUT2D eigenvalue weighted by atomic mass is 16.3. The summed E-state index contributed by atoms with van der Waals surface area (Å²) in [4.78, 5) is 12.2. The van der Waals surface area contributed by atoms with Gasteiger partial charge in [-0.3, -0.25) is 4.79 Å². The topological polar surface area (TPSA) is 49.3 Å². The molecule has 114 valence electrons. The third kappa shape index (κ3) is 3.04. The van der Waals surface area contributed by atoms with Crippen molar-refractivity contribution in [3.05, 3.63) is 71.3 Å². The Morgan fingerprint density at radius 2 is 1.64 bits per heavy atom. The number of fused-ring (bicyclic) bond motifs is 1. The number of nitrogens with one attached hydrogen (secondary N) is 1. The molecule has 0 radical (unpaired) electrons. The number of rotatable bonds is 4. The molecule has 0 saturated heterocycles. The standard InChI is InChI=1S/C19H21NO2/c1-19(11-15-9-5-6-10-16(15)12-19)13-20-18(22)17(21)14-7-3-2-4-8-14/h2-10,17,21H,11-13H2,1H3,(H,20,22). The van der Waals surface area contributed by atoms with Crippen molar-refractivity contribution in [1.82, 2.24) is 5.32 Å². The molecule has 1 amide bonds. The first-order chi connectivity index (χ1) is 10.6. The summed E-state index contributed by atoms with van der Waals surface area (Å²) in [6.45, 7) is 2.76. The van der Waals surface area contributed by atoms with Crippen LogP contribution in [0.1, 0.15) is 29.7 Å². The minimum absolute atomic E-state index is 0.0236. The molecule has 1 unspecified atom stereocenters. The van der Waals surface area contributed by atoms with Gasteiger partial charge in [-0.2, -0.15) is 0 Å². The number of carbonyl (C=O) groups excluding carboxylic acids is 1. The second-order valence-corrected chi connectivity index (χ2v) is 6.46. The molecule has 3 nitrogen and oxygen atoms in total. The summed E-state index contributed by atoms with van der Waals surface area (Å²) in [5.74, 6) is -0.330. The Bertz CT molecular complexity index is 641. The zero-order chi connectivity index (χ0) is 15.6. The summed E-state index contributed by atoms with van der Waals surface area (Å²) < 4.78 is 0. The number of hydrogen-bond donors (Lipinski definition) is 2. The van der Waals surface area contributed by atoms with Crippen molar-refractivity contribution >= 4 is 5.91 Å². The number of aliphatic hydroxyl groups excluding tert-OH is 1. The van der Waals surface area contributed by atoms with Crippen molar-refractivity contribution in [3.63, 3.8) is 0 Å². The van der Waals surface area contributed by atoms with E-state index in [1.807, 2.05) is 18.2 Å². The van der Waals surface area contributed by atoms with Crippen LogP contribution in [0.25, 0.3) is 0 Å². The van der Waals surface area contributed by atoms with Gasteiger partial charge in [0.25, 0.3) is 5.91 Å². The predicted octanol–water partition coefficient (Wildman–Crippen LogP) is 2.64. The maximum Gasteiger partial charge on any atom is 0.253 e. The second-order valence-electron chi connectivity index (χ2n) is 6.46. The molecule has 0 aromatic heterocycles. The van der Waals surface area contributed by atoms with Crippen LogP contribution in [-0.2, 0) is 17.6 Å². The summed E-state index contributed by atoms with van der Waals surface area (Å²) in [6.07, 6.45) is 0.823. The minimum atomic E-state index is -1.10. The first-order valence-corrected chi connectivity index (χ1v) is 7.65. The van der Waals surface area contributed by atoms with Gasteiger partial charge >= 0.3 is 0 Å². The predicted molar refractivity (Wildman–Crippen MR) is 86.4 cm³/mol. The Morgan fingerprint density at radius 3 is 2.23 bits per heavy atom. The van der Waals surface area contributed by atoms with E-state index in [2.05, 4.69) is 36.5 Å². The average Bonchev–Trinajstić information content (AvgIpc) is 2.89. The molecular weight excluding hydrogens is 274 g/mol. The van der Waals surface area contributed by atoms with Crippen LogP contribution in [0.2, 0.25) is 0 Å². The van der Waals surface area contributed by atoms with Gasteiger partial charge in [0.1, 0.15) is 0 Å². The lowest BCUT2D eigenvalue weighted by Gasteiger charge is -2.24. The van der Waals surface area contributed by atoms with Gasteiger partial charge in [-0.15, -0.1) is 0 Å². The van der Waals surface area contributed by atoms with Crippen molar-refractivity contribution in [2.45, 2.75) is 25.9 Å². The molecule has 1 atom stereocenters. The lowest BCUT2D eigenvalue weighted by molar-refractivity contribution is -0.130. The van der Waals surface area contributed by atoms with Crippen molar-refractivity contribution in [2.75, 3.05) is 6.54 Å². The summed E-state index contributed by atoms with van der Waals surface area (Å²) >= 11 is 0. The van der Waals surface area contributed by atoms with Crippen LogP contribution in [-0.4, -0.2) is 17.6 Å². The van der Waals surface area contributed by atoms with E-state index in [0.717, 1.165) is 12.8 Å². The molecule has 2 aromatic rings. The van der Waals surface area contributed by atoms with Crippen LogP contribution < -0.4 is 5.32 Å². The van der Waals surface area contributed by atoms with Crippen LogP contribution in [0.15, 0.2) is 54.6 Å². The third-order valence-corrected chi connectivity index (χ3v) is 4.41. The highest BCUT2D eigenvalue weighted by Gasteiger charge is 2.33. The number of amides is 1. The molecule has 2 N–H and O–H groups in total. The zero-order valence-corrected chi connectivity index (χ0v) is 12.8. The molecule has 22 heavy (non-hydrogen) atoms. The monoisotopic (exact) mass is 295 g/mol. The van der Waals surface area contributed by atoms with Gasteiger partial charge in [-0.25, -0.2) is 0 Å². The lowest BCUT2D eigenvalue weighted by Crippen LogP contribution is -2.38. The van der Waals surface area contributed by atoms with Crippen molar-refractivity contribution in [1.29, 1.82) is 0 Å². The summed E-state index contributed by atoms with van der Waals surface area (Å²) in [7, 11) is 0. The number of hydrogen-bond acceptors (Lipinski definition) is 2. The van der Waals surface area contributed by atoms with E-state index in [-0.39, 0.29) is 11.3 Å². The van der Waals surface area contributed by atoms with Gasteiger partial charge in [0.15, 0.2) is 6.10 Å². The number of aliphatic hydroxyl groups is 1. The fourth-order valence-electron chi connectivity index (χ4n) is 3.19. The van der Waals surface area contributed by atoms with E-state index in [1.165, 1.54) is 11.1 Å². The van der Waals surface area contributed by atoms with E-state index >= 15 is 0 Å². The van der Waals surface area contributed by atoms with Gasteiger partial charge in [0, 0.05) is 6.54 Å². The Labute approximate surface area is 131 Å². The smallest absolute Gasteiger partial charge is 0.253 e. The van der Waals surface area contributed by atoms with Gasteiger partial charge in [-0.1, -0.05) is 61.5 Å². The SMILES string of the molecule is CC1(CNC(=O)C(O)c2ccccc2)Cc2ccccc2C1. The Morgan fingerprint density at radius 1 is 1.09 bits per heavy atom. The van der Waals surface area contributed by atoms with Crippen LogP contribution >= 0.6 is 0 Å². The third-order valence-electron chi connectivity index (χ3n) is 4.41. The van der Waals surface area contributed by atoms with Gasteiger partial charge in [0.05, 0.1) is 0 Å². The molecule has 0 aliphatic heterocycles. The van der Waals surface area contributed by atoms with Crippen molar-refractivity contribution in [2.24, 2.45) is 5.41 Å². The molecular formula is C19H21NO2. The Kier molecular flexibility index (Phi) is 3.99. The summed E-state index contributed by atoms with van der Waals surface area (Å²) in [5, 5.41) is 13.0. The molecule has 3 rings (SSSR count). The second kappa shape index (κ2) is 5.93. The largest absolute Gasteiger partial charge is 0.378 e. The van der Waals surface area contributed by atoms with Gasteiger partial charge < -0.3 is 10.4 Å². The normalized spacial score (nSPS) is 16.8. The van der Waals surface area contributed by atoms with Crippen LogP contribution in [0.3, 0.4) is 0 Å². The molecule has 0 fully saturated rings. The maximum atomic E-state index is 12.2. The van der Waals surface area contributed by atoms with E-state index in [4.69, 9.17) is 0 Å². The Balaban J connectivity index is 1.60. The molecule has 0 bridgehead atoms. The molecule has 0 heterocycles. The average molecular weight is 295 g/mol. The van der Waals surface area contributed by atoms with Gasteiger partial charge in [-0.05, 0) is 34.9 Å². The maximum absolute atomic E-state index is 12.2. The summed E-state index contributed by atoms with van der Waals surface area (Å²) in [6, 6.07) is 17.5. The molecule has 1 aliphatic rings. The Hall–Kier alpha value is -2.13. The minimum Gasteiger partial charge on any atom is -0.378 e. The fourth-order valence-corrected chi connectivity index (χ4v) is 3.19. The van der Waals surface area contributed by atoms with E-state index < -0.39 is 6.10 Å². The molecule has 2 aromatic carbocycles. The van der Waals surface area contributed by atoms with Crippen molar-refractivity contribution in [3.8, 4) is 0 Å². The van der Waals surface area contributed by atoms with E-state index in [9.17, 15) is 9.90 Å². The quantitative estimate of drug-likeness (QED) is 0.911. The summed E-state index contributed by atoms with van der Waals surface area (Å²) in [5.41, 5.74) is 3.38. The van der Waals surface area contributed by atoms with E-state index in [1.54, 1.807) is 12.1 Å². The molecule has 0 saturated carbocycles. The highest BCUT2D eigenvalue weighted by molar-refractivity contribution is 5.81. The highest BCUT2D eigenvalue weighted by Crippen LogP contribution is 2.36. The van der Waals surface area contributed by atoms with Crippen LogP contribution in [0.4, 0.5) is 0 Å². The van der Waals surface area contributed by atoms with Gasteiger partial charge in [0.2, 0.25) is 0 Å². The molecule has 0 spiro atoms. The number of carbonyl (C=O) groups is 1. The lowest BCUT2D eigenvalue weighted by atomic mass is 9.87. The van der Waals surface area contributed by atoms with Crippen LogP contribution in [0.5, 0.6) is 0 Å².